The normalized spacial score (nSPS) is 9.79. The fraction of sp³-hybridized carbons (Fsp3) is 0.368. The second-order valence-electron chi connectivity index (χ2n) is 5.07. The van der Waals surface area contributed by atoms with Gasteiger partial charge in [-0.3, -0.25) is 4.79 Å². The molecule has 0 aliphatic rings. The predicted molar refractivity (Wildman–Crippen MR) is 126 cm³/mol. The van der Waals surface area contributed by atoms with Crippen LogP contribution in [0.3, 0.4) is 0 Å². The molecule has 154 valence electrons. The third kappa shape index (κ3) is 6.23. The zero-order valence-corrected chi connectivity index (χ0v) is 20.0. The number of anilines is 1. The molecule has 0 spiro atoms. The van der Waals surface area contributed by atoms with Gasteiger partial charge in [0.25, 0.3) is 0 Å². The van der Waals surface area contributed by atoms with E-state index in [1.54, 1.807) is 19.2 Å². The van der Waals surface area contributed by atoms with Crippen molar-refractivity contribution in [2.24, 2.45) is 0 Å². The first-order valence-corrected chi connectivity index (χ1v) is 12.1. The Morgan fingerprint density at radius 2 is 1.89 bits per heavy atom. The first-order chi connectivity index (χ1) is 13.5. The lowest BCUT2D eigenvalue weighted by Gasteiger charge is -2.00. The first kappa shape index (κ1) is 24.5. The molecule has 0 saturated carbocycles. The molecule has 0 fully saturated rings. The van der Waals surface area contributed by atoms with E-state index in [9.17, 15) is 9.90 Å². The molecule has 0 aliphatic carbocycles. The van der Waals surface area contributed by atoms with E-state index in [4.69, 9.17) is 15.5 Å². The van der Waals surface area contributed by atoms with E-state index in [-0.39, 0.29) is 17.5 Å². The van der Waals surface area contributed by atoms with E-state index in [2.05, 4.69) is 12.6 Å². The molecule has 0 aliphatic heterocycles. The van der Waals surface area contributed by atoms with Crippen LogP contribution >= 0.6 is 46.6 Å². The van der Waals surface area contributed by atoms with Crippen LogP contribution in [0.2, 0.25) is 0 Å². The van der Waals surface area contributed by atoms with Crippen molar-refractivity contribution in [3.8, 4) is 25.5 Å². The number of thiophene rings is 2. The minimum atomic E-state index is -0.281. The third-order valence-electron chi connectivity index (χ3n) is 3.30. The molecule has 3 aromatic heterocycles. The summed E-state index contributed by atoms with van der Waals surface area (Å²) in [7, 11) is 0. The van der Waals surface area contributed by atoms with E-state index in [1.165, 1.54) is 34.0 Å². The summed E-state index contributed by atoms with van der Waals surface area (Å²) < 4.78 is 5.06. The zero-order chi connectivity index (χ0) is 21.3. The van der Waals surface area contributed by atoms with Crippen LogP contribution < -0.4 is 5.73 Å². The van der Waals surface area contributed by atoms with Crippen LogP contribution in [0.5, 0.6) is 5.06 Å². The fourth-order valence-corrected chi connectivity index (χ4v) is 5.04. The van der Waals surface area contributed by atoms with Crippen LogP contribution in [-0.2, 0) is 16.0 Å². The van der Waals surface area contributed by atoms with Gasteiger partial charge in [0.05, 0.1) is 33.5 Å². The van der Waals surface area contributed by atoms with Crippen molar-refractivity contribution in [3.63, 3.8) is 0 Å². The Labute approximate surface area is 183 Å². The number of hydrogen-bond acceptors (Lipinski definition) is 9. The summed E-state index contributed by atoms with van der Waals surface area (Å²) in [6.45, 7) is 8.09. The summed E-state index contributed by atoms with van der Waals surface area (Å²) >= 11 is 7.71. The van der Waals surface area contributed by atoms with Gasteiger partial charge >= 0.3 is 5.97 Å². The number of esters is 1. The highest BCUT2D eigenvalue weighted by Gasteiger charge is 2.20. The van der Waals surface area contributed by atoms with Gasteiger partial charge in [-0.25, -0.2) is 4.98 Å². The molecular formula is C19H26N2O3S4. The average Bonchev–Trinajstić information content (AvgIpc) is 3.38. The standard InChI is InChI=1S/C16H16N2O3S3.C2H6.CH4S/c1-3-21-12(19)7-10-14(9-4-5-13(20)22-9)18-16(24-10)11-6-8(2)15(17)23-11;2*1-2/h4-6,20H,3,7,17H2,1-2H3;1-2H3;2H,1H3. The second kappa shape index (κ2) is 12.1. The summed E-state index contributed by atoms with van der Waals surface area (Å²) in [5, 5.41) is 11.4. The van der Waals surface area contributed by atoms with Crippen LogP contribution in [0.15, 0.2) is 18.2 Å². The number of rotatable bonds is 5. The Bertz CT molecular complexity index is 864. The van der Waals surface area contributed by atoms with Gasteiger partial charge < -0.3 is 15.6 Å². The topological polar surface area (TPSA) is 85.4 Å². The molecule has 3 heterocycles. The quantitative estimate of drug-likeness (QED) is 0.329. The zero-order valence-electron chi connectivity index (χ0n) is 16.6. The van der Waals surface area contributed by atoms with Crippen molar-refractivity contribution in [3.05, 3.63) is 28.6 Å². The number of thiazole rings is 1. The summed E-state index contributed by atoms with van der Waals surface area (Å²) in [5.41, 5.74) is 7.69. The Morgan fingerprint density at radius 3 is 2.39 bits per heavy atom. The number of aromatic nitrogens is 1. The highest BCUT2D eigenvalue weighted by atomic mass is 32.1. The molecule has 0 saturated heterocycles. The van der Waals surface area contributed by atoms with E-state index in [1.807, 2.05) is 32.9 Å². The lowest BCUT2D eigenvalue weighted by atomic mass is 10.2. The van der Waals surface area contributed by atoms with E-state index < -0.39 is 0 Å². The van der Waals surface area contributed by atoms with Crippen molar-refractivity contribution < 1.29 is 14.6 Å². The van der Waals surface area contributed by atoms with E-state index in [0.717, 1.165) is 35.9 Å². The summed E-state index contributed by atoms with van der Waals surface area (Å²) in [6.07, 6.45) is 1.86. The van der Waals surface area contributed by atoms with Crippen LogP contribution in [0, 0.1) is 6.92 Å². The largest absolute Gasteiger partial charge is 0.499 e. The smallest absolute Gasteiger partial charge is 0.311 e. The monoisotopic (exact) mass is 458 g/mol. The van der Waals surface area contributed by atoms with Crippen molar-refractivity contribution >= 4 is 57.6 Å². The number of nitrogens with zero attached hydrogens (tertiary/aromatic N) is 1. The number of aryl methyl sites for hydroxylation is 1. The molecule has 0 bridgehead atoms. The minimum absolute atomic E-state index is 0.166. The molecule has 28 heavy (non-hydrogen) atoms. The number of aromatic hydroxyl groups is 1. The van der Waals surface area contributed by atoms with Gasteiger partial charge in [0, 0.05) is 4.88 Å². The summed E-state index contributed by atoms with van der Waals surface area (Å²) in [5.74, 6) is -0.281. The van der Waals surface area contributed by atoms with Crippen molar-refractivity contribution in [1.82, 2.24) is 4.98 Å². The van der Waals surface area contributed by atoms with Crippen LogP contribution in [0.25, 0.3) is 20.5 Å². The lowest BCUT2D eigenvalue weighted by molar-refractivity contribution is -0.142. The maximum atomic E-state index is 11.9. The number of thiol groups is 1. The Balaban J connectivity index is 0.000000921. The summed E-state index contributed by atoms with van der Waals surface area (Å²) in [6, 6.07) is 5.44. The molecule has 0 unspecified atom stereocenters. The van der Waals surface area contributed by atoms with E-state index in [0.29, 0.717) is 6.61 Å². The Morgan fingerprint density at radius 1 is 1.21 bits per heavy atom. The minimum Gasteiger partial charge on any atom is -0.499 e. The van der Waals surface area contributed by atoms with Gasteiger partial charge in [-0.1, -0.05) is 25.2 Å². The molecular weight excluding hydrogens is 432 g/mol. The molecule has 0 amide bonds. The fourth-order valence-electron chi connectivity index (χ4n) is 2.17. The molecule has 3 N–H and O–H groups in total. The number of carbonyl (C=O) groups is 1. The van der Waals surface area contributed by atoms with Crippen LogP contribution in [-0.4, -0.2) is 28.9 Å². The molecule has 3 rings (SSSR count). The van der Waals surface area contributed by atoms with Crippen molar-refractivity contribution in [2.75, 3.05) is 18.6 Å². The highest BCUT2D eigenvalue weighted by Crippen LogP contribution is 2.41. The van der Waals surface area contributed by atoms with Crippen molar-refractivity contribution in [1.29, 1.82) is 0 Å². The van der Waals surface area contributed by atoms with Gasteiger partial charge in [0.2, 0.25) is 0 Å². The third-order valence-corrected chi connectivity index (χ3v) is 6.49. The SMILES string of the molecule is CC.CCOC(=O)Cc1sc(-c2cc(C)c(N)s2)nc1-c1ccc(O)s1.CS. The van der Waals surface area contributed by atoms with E-state index >= 15 is 0 Å². The van der Waals surface area contributed by atoms with Gasteiger partial charge in [0.1, 0.15) is 5.01 Å². The van der Waals surface area contributed by atoms with Gasteiger partial charge in [-0.15, -0.1) is 22.7 Å². The molecule has 0 atom stereocenters. The Hall–Kier alpha value is -1.55. The maximum Gasteiger partial charge on any atom is 0.311 e. The maximum absolute atomic E-state index is 11.9. The van der Waals surface area contributed by atoms with Gasteiger partial charge in [-0.05, 0) is 43.9 Å². The highest BCUT2D eigenvalue weighted by molar-refractivity contribution is 7.79. The molecule has 0 radical (unpaired) electrons. The summed E-state index contributed by atoms with van der Waals surface area (Å²) in [4.78, 5) is 19.2. The molecule has 5 nitrogen and oxygen atoms in total. The number of nitrogen functional groups attached to an aromatic ring is 1. The molecule has 3 aromatic rings. The lowest BCUT2D eigenvalue weighted by Crippen LogP contribution is -2.06. The predicted octanol–water partition coefficient (Wildman–Crippen LogP) is 5.87. The first-order valence-electron chi connectivity index (χ1n) is 8.73. The number of hydrogen-bond donors (Lipinski definition) is 3. The van der Waals surface area contributed by atoms with Crippen LogP contribution in [0.1, 0.15) is 31.2 Å². The molecule has 9 heteroatoms. The van der Waals surface area contributed by atoms with Crippen LogP contribution in [0.4, 0.5) is 5.00 Å². The molecule has 0 aromatic carbocycles. The average molecular weight is 459 g/mol. The second-order valence-corrected chi connectivity index (χ2v) is 8.30. The number of nitrogens with two attached hydrogens (primary N) is 1. The number of ether oxygens (including phenoxy) is 1. The van der Waals surface area contributed by atoms with Crippen molar-refractivity contribution in [2.45, 2.75) is 34.1 Å². The van der Waals surface area contributed by atoms with Gasteiger partial charge in [0.15, 0.2) is 5.06 Å². The van der Waals surface area contributed by atoms with Gasteiger partial charge in [-0.2, -0.15) is 12.6 Å². The Kier molecular flexibility index (Phi) is 10.6. The number of carbonyl (C=O) groups excluding carboxylic acids is 1.